The molecule has 2 heterocycles. The van der Waals surface area contributed by atoms with E-state index in [1.807, 2.05) is 12.1 Å². The summed E-state index contributed by atoms with van der Waals surface area (Å²) in [4.78, 5) is 2.50. The van der Waals surface area contributed by atoms with Gasteiger partial charge in [-0.05, 0) is 50.3 Å². The zero-order valence-electron chi connectivity index (χ0n) is 10.3. The van der Waals surface area contributed by atoms with Crippen LogP contribution in [0, 0.1) is 6.92 Å². The first-order chi connectivity index (χ1) is 8.16. The molecular formula is C14H20N2O. The third kappa shape index (κ3) is 1.69. The lowest BCUT2D eigenvalue weighted by Crippen LogP contribution is -2.45. The molecule has 2 bridgehead atoms. The van der Waals surface area contributed by atoms with Gasteiger partial charge in [0.25, 0.3) is 0 Å². The molecule has 3 nitrogen and oxygen atoms in total. The van der Waals surface area contributed by atoms with E-state index in [0.717, 1.165) is 18.5 Å². The monoisotopic (exact) mass is 232 g/mol. The summed E-state index contributed by atoms with van der Waals surface area (Å²) in [5, 5.41) is 9.83. The average Bonchev–Trinajstić information content (AvgIpc) is 2.55. The zero-order chi connectivity index (χ0) is 12.0. The molecule has 0 saturated carbocycles. The van der Waals surface area contributed by atoms with Crippen molar-refractivity contribution in [3.8, 4) is 0 Å². The summed E-state index contributed by atoms with van der Waals surface area (Å²) >= 11 is 0. The van der Waals surface area contributed by atoms with Gasteiger partial charge < -0.3 is 15.7 Å². The zero-order valence-corrected chi connectivity index (χ0v) is 10.3. The maximum Gasteiger partial charge on any atom is 0.0579 e. The van der Waals surface area contributed by atoms with Crippen molar-refractivity contribution in [1.29, 1.82) is 0 Å². The number of benzene rings is 1. The number of aliphatic hydroxyl groups excluding tert-OH is 1. The van der Waals surface area contributed by atoms with Crippen LogP contribution in [0.2, 0.25) is 0 Å². The van der Waals surface area contributed by atoms with Crippen molar-refractivity contribution in [2.45, 2.75) is 50.8 Å². The molecule has 0 radical (unpaired) electrons. The molecule has 2 unspecified atom stereocenters. The normalized spacial score (nSPS) is 31.9. The van der Waals surface area contributed by atoms with Gasteiger partial charge in [0.2, 0.25) is 0 Å². The molecule has 92 valence electrons. The highest BCUT2D eigenvalue weighted by Gasteiger charge is 2.40. The lowest BCUT2D eigenvalue weighted by molar-refractivity contribution is 0.126. The Morgan fingerprint density at radius 2 is 1.88 bits per heavy atom. The van der Waals surface area contributed by atoms with Crippen LogP contribution in [0.3, 0.4) is 0 Å². The van der Waals surface area contributed by atoms with Crippen LogP contribution in [0.1, 0.15) is 31.2 Å². The molecule has 1 aromatic rings. The molecular weight excluding hydrogens is 212 g/mol. The van der Waals surface area contributed by atoms with E-state index < -0.39 is 0 Å². The highest BCUT2D eigenvalue weighted by molar-refractivity contribution is 5.65. The topological polar surface area (TPSA) is 49.5 Å². The highest BCUT2D eigenvalue weighted by Crippen LogP contribution is 2.41. The minimum Gasteiger partial charge on any atom is -0.398 e. The van der Waals surface area contributed by atoms with E-state index >= 15 is 0 Å². The molecule has 2 aliphatic heterocycles. The van der Waals surface area contributed by atoms with Crippen molar-refractivity contribution >= 4 is 11.4 Å². The quantitative estimate of drug-likeness (QED) is 0.729. The summed E-state index contributed by atoms with van der Waals surface area (Å²) in [6.07, 6.45) is 4.12. The van der Waals surface area contributed by atoms with Gasteiger partial charge in [-0.2, -0.15) is 0 Å². The van der Waals surface area contributed by atoms with E-state index in [-0.39, 0.29) is 6.10 Å². The summed E-state index contributed by atoms with van der Waals surface area (Å²) in [5.41, 5.74) is 9.31. The second kappa shape index (κ2) is 3.91. The molecule has 0 aromatic heterocycles. The fourth-order valence-electron chi connectivity index (χ4n) is 3.46. The van der Waals surface area contributed by atoms with Gasteiger partial charge in [0, 0.05) is 23.5 Å². The first kappa shape index (κ1) is 10.9. The van der Waals surface area contributed by atoms with Gasteiger partial charge in [-0.15, -0.1) is 0 Å². The Labute approximate surface area is 102 Å². The van der Waals surface area contributed by atoms with Crippen LogP contribution in [0.5, 0.6) is 0 Å². The first-order valence-electron chi connectivity index (χ1n) is 6.48. The van der Waals surface area contributed by atoms with Crippen LogP contribution in [-0.4, -0.2) is 23.3 Å². The number of nitrogen functional groups attached to an aromatic ring is 1. The summed E-state index contributed by atoms with van der Waals surface area (Å²) in [5.74, 6) is 0. The van der Waals surface area contributed by atoms with Gasteiger partial charge in [-0.1, -0.05) is 6.07 Å². The number of fused-ring (bicyclic) bond motifs is 2. The average molecular weight is 232 g/mol. The molecule has 3 N–H and O–H groups in total. The van der Waals surface area contributed by atoms with Crippen molar-refractivity contribution in [1.82, 2.24) is 0 Å². The number of anilines is 2. The number of aliphatic hydroxyl groups is 1. The van der Waals surface area contributed by atoms with E-state index in [0.29, 0.717) is 12.1 Å². The Hall–Kier alpha value is -1.22. The van der Waals surface area contributed by atoms with Crippen molar-refractivity contribution in [2.75, 3.05) is 10.6 Å². The standard InChI is InChI=1S/C14H20N2O/c1-9-13(15)3-2-4-14(9)16-10-5-6-11(16)8-12(17)7-10/h2-4,10-12,17H,5-8,15H2,1H3. The summed E-state index contributed by atoms with van der Waals surface area (Å²) < 4.78 is 0. The van der Waals surface area contributed by atoms with E-state index in [9.17, 15) is 5.11 Å². The van der Waals surface area contributed by atoms with Crippen LogP contribution in [-0.2, 0) is 0 Å². The second-order valence-corrected chi connectivity index (χ2v) is 5.41. The predicted molar refractivity (Wildman–Crippen MR) is 70.1 cm³/mol. The molecule has 3 rings (SSSR count). The Morgan fingerprint density at radius 1 is 1.24 bits per heavy atom. The third-order valence-electron chi connectivity index (χ3n) is 4.33. The van der Waals surface area contributed by atoms with E-state index in [2.05, 4.69) is 17.9 Å². The maximum atomic E-state index is 9.83. The SMILES string of the molecule is Cc1c(N)cccc1N1C2CCC1CC(O)C2. The smallest absolute Gasteiger partial charge is 0.0579 e. The molecule has 0 spiro atoms. The Bertz CT molecular complexity index is 418. The summed E-state index contributed by atoms with van der Waals surface area (Å²) in [7, 11) is 0. The Balaban J connectivity index is 1.97. The fourth-order valence-corrected chi connectivity index (χ4v) is 3.46. The van der Waals surface area contributed by atoms with Gasteiger partial charge in [-0.3, -0.25) is 0 Å². The summed E-state index contributed by atoms with van der Waals surface area (Å²) in [6, 6.07) is 7.16. The first-order valence-corrected chi connectivity index (χ1v) is 6.48. The Kier molecular flexibility index (Phi) is 2.51. The third-order valence-corrected chi connectivity index (χ3v) is 4.33. The van der Waals surface area contributed by atoms with Crippen LogP contribution in [0.4, 0.5) is 11.4 Å². The van der Waals surface area contributed by atoms with Crippen molar-refractivity contribution in [2.24, 2.45) is 0 Å². The van der Waals surface area contributed by atoms with Gasteiger partial charge in [0.1, 0.15) is 0 Å². The number of nitrogens with zero attached hydrogens (tertiary/aromatic N) is 1. The van der Waals surface area contributed by atoms with Crippen LogP contribution in [0.25, 0.3) is 0 Å². The number of nitrogens with two attached hydrogens (primary N) is 1. The van der Waals surface area contributed by atoms with Crippen molar-refractivity contribution in [3.63, 3.8) is 0 Å². The molecule has 0 aliphatic carbocycles. The molecule has 2 atom stereocenters. The Morgan fingerprint density at radius 3 is 2.53 bits per heavy atom. The van der Waals surface area contributed by atoms with Crippen molar-refractivity contribution in [3.05, 3.63) is 23.8 Å². The van der Waals surface area contributed by atoms with Gasteiger partial charge in [0.05, 0.1) is 6.10 Å². The number of piperidine rings is 1. The minimum atomic E-state index is -0.106. The van der Waals surface area contributed by atoms with Crippen LogP contribution < -0.4 is 10.6 Å². The van der Waals surface area contributed by atoms with Gasteiger partial charge in [-0.25, -0.2) is 0 Å². The predicted octanol–water partition coefficient (Wildman–Crippen LogP) is 2.07. The highest BCUT2D eigenvalue weighted by atomic mass is 16.3. The van der Waals surface area contributed by atoms with Crippen LogP contribution >= 0.6 is 0 Å². The molecule has 3 heteroatoms. The molecule has 2 fully saturated rings. The number of rotatable bonds is 1. The van der Waals surface area contributed by atoms with E-state index in [4.69, 9.17) is 5.73 Å². The molecule has 2 saturated heterocycles. The fraction of sp³-hybridized carbons (Fsp3) is 0.571. The lowest BCUT2D eigenvalue weighted by atomic mass is 9.97. The van der Waals surface area contributed by atoms with Gasteiger partial charge >= 0.3 is 0 Å². The minimum absolute atomic E-state index is 0.106. The van der Waals surface area contributed by atoms with E-state index in [1.165, 1.54) is 24.1 Å². The molecule has 2 aliphatic rings. The van der Waals surface area contributed by atoms with Gasteiger partial charge in [0.15, 0.2) is 0 Å². The lowest BCUT2D eigenvalue weighted by Gasteiger charge is -2.40. The molecule has 0 amide bonds. The molecule has 1 aromatic carbocycles. The number of hydrogen-bond acceptors (Lipinski definition) is 3. The largest absolute Gasteiger partial charge is 0.398 e. The van der Waals surface area contributed by atoms with Crippen LogP contribution in [0.15, 0.2) is 18.2 Å². The second-order valence-electron chi connectivity index (χ2n) is 5.41. The maximum absolute atomic E-state index is 9.83. The van der Waals surface area contributed by atoms with Crippen molar-refractivity contribution < 1.29 is 5.11 Å². The molecule has 17 heavy (non-hydrogen) atoms. The number of hydrogen-bond donors (Lipinski definition) is 2. The van der Waals surface area contributed by atoms with E-state index in [1.54, 1.807) is 0 Å². The summed E-state index contributed by atoms with van der Waals surface area (Å²) in [6.45, 7) is 2.09.